The molecule has 28 heavy (non-hydrogen) atoms. The van der Waals surface area contributed by atoms with Crippen LogP contribution in [0.15, 0.2) is 48.5 Å². The average molecular weight is 378 g/mol. The summed E-state index contributed by atoms with van der Waals surface area (Å²) in [4.78, 5) is 50.8. The molecule has 8 nitrogen and oxygen atoms in total. The molecule has 4 rings (SSSR count). The first-order valence-electron chi connectivity index (χ1n) is 8.84. The van der Waals surface area contributed by atoms with Crippen molar-refractivity contribution in [2.24, 2.45) is 0 Å². The molecule has 2 aromatic rings. The topological polar surface area (TPSA) is 108 Å². The van der Waals surface area contributed by atoms with Crippen LogP contribution in [0, 0.1) is 0 Å². The van der Waals surface area contributed by atoms with Gasteiger partial charge in [-0.25, -0.2) is 0 Å². The molecule has 1 saturated heterocycles. The van der Waals surface area contributed by atoms with E-state index in [9.17, 15) is 19.2 Å². The molecule has 0 radical (unpaired) electrons. The largest absolute Gasteiger partial charge is 0.326 e. The number of rotatable bonds is 3. The summed E-state index contributed by atoms with van der Waals surface area (Å²) in [6.07, 6.45) is 0.339. The first-order chi connectivity index (χ1) is 13.4. The van der Waals surface area contributed by atoms with E-state index < -0.39 is 17.5 Å². The molecule has 3 N–H and O–H groups in total. The number of hydrogen-bond donors (Lipinski definition) is 3. The van der Waals surface area contributed by atoms with Crippen LogP contribution in [0.1, 0.15) is 30.1 Å². The third-order valence-electron chi connectivity index (χ3n) is 4.88. The van der Waals surface area contributed by atoms with E-state index in [0.29, 0.717) is 22.6 Å². The summed E-state index contributed by atoms with van der Waals surface area (Å²) in [7, 11) is 0. The summed E-state index contributed by atoms with van der Waals surface area (Å²) >= 11 is 0. The molecule has 0 aliphatic carbocycles. The minimum atomic E-state index is -1.46. The van der Waals surface area contributed by atoms with E-state index in [1.807, 2.05) is 0 Å². The lowest BCUT2D eigenvalue weighted by Gasteiger charge is -2.41. The number of nitrogens with zero attached hydrogens (tertiary/aromatic N) is 1. The number of anilines is 3. The molecular formula is C20H18N4O4. The van der Waals surface area contributed by atoms with Crippen molar-refractivity contribution in [3.8, 4) is 0 Å². The minimum absolute atomic E-state index is 0.156. The highest BCUT2D eigenvalue weighted by Gasteiger charge is 2.56. The normalized spacial score (nSPS) is 20.1. The van der Waals surface area contributed by atoms with Crippen molar-refractivity contribution >= 4 is 40.7 Å². The summed E-state index contributed by atoms with van der Waals surface area (Å²) in [5.74, 6) is -1.30. The maximum atomic E-state index is 13.1. The maximum absolute atomic E-state index is 13.1. The predicted octanol–water partition coefficient (Wildman–Crippen LogP) is 1.85. The molecule has 142 valence electrons. The first-order valence-corrected chi connectivity index (χ1v) is 8.84. The van der Waals surface area contributed by atoms with E-state index in [-0.39, 0.29) is 24.7 Å². The van der Waals surface area contributed by atoms with E-state index in [1.165, 1.54) is 11.8 Å². The van der Waals surface area contributed by atoms with Crippen LogP contribution in [-0.2, 0) is 14.4 Å². The Balaban J connectivity index is 1.64. The molecule has 2 aromatic carbocycles. The third-order valence-corrected chi connectivity index (χ3v) is 4.88. The summed E-state index contributed by atoms with van der Waals surface area (Å²) < 4.78 is 0. The highest BCUT2D eigenvalue weighted by molar-refractivity contribution is 6.18. The Morgan fingerprint density at radius 3 is 2.32 bits per heavy atom. The SMILES string of the molecule is CC(=O)Nc1ccc(NC(=O)C23CCC(=O)N2c2ccccc2C(=O)N3)cc1. The van der Waals surface area contributed by atoms with Gasteiger partial charge in [-0.15, -0.1) is 0 Å². The van der Waals surface area contributed by atoms with E-state index in [2.05, 4.69) is 16.0 Å². The van der Waals surface area contributed by atoms with Gasteiger partial charge in [0.05, 0.1) is 11.3 Å². The Bertz CT molecular complexity index is 1000. The molecule has 1 atom stereocenters. The standard InChI is InChI=1S/C20H18N4O4/c1-12(25)21-13-6-8-14(9-7-13)22-19(28)20-11-10-17(26)24(20)16-5-3-2-4-15(16)18(27)23-20/h2-9H,10-11H2,1H3,(H,21,25)(H,22,28)(H,23,27). The molecular weight excluding hydrogens is 360 g/mol. The molecule has 1 unspecified atom stereocenters. The third kappa shape index (κ3) is 2.79. The molecule has 0 bridgehead atoms. The number of para-hydroxylation sites is 1. The molecule has 0 saturated carbocycles. The molecule has 0 aromatic heterocycles. The highest BCUT2D eigenvalue weighted by Crippen LogP contribution is 2.39. The summed E-state index contributed by atoms with van der Waals surface area (Å²) in [5.41, 5.74) is 0.423. The van der Waals surface area contributed by atoms with Crippen LogP contribution in [0.25, 0.3) is 0 Å². The molecule has 8 heteroatoms. The van der Waals surface area contributed by atoms with Crippen molar-refractivity contribution in [1.82, 2.24) is 5.32 Å². The zero-order valence-electron chi connectivity index (χ0n) is 15.1. The van der Waals surface area contributed by atoms with Crippen LogP contribution >= 0.6 is 0 Å². The number of carbonyl (C=O) groups excluding carboxylic acids is 4. The summed E-state index contributed by atoms with van der Waals surface area (Å²) in [5, 5.41) is 8.14. The van der Waals surface area contributed by atoms with E-state index in [4.69, 9.17) is 0 Å². The Morgan fingerprint density at radius 2 is 1.64 bits per heavy atom. The Hall–Kier alpha value is -3.68. The van der Waals surface area contributed by atoms with Crippen molar-refractivity contribution in [3.63, 3.8) is 0 Å². The quantitative estimate of drug-likeness (QED) is 0.757. The second-order valence-corrected chi connectivity index (χ2v) is 6.77. The lowest BCUT2D eigenvalue weighted by molar-refractivity contribution is -0.124. The Morgan fingerprint density at radius 1 is 1.00 bits per heavy atom. The predicted molar refractivity (Wildman–Crippen MR) is 103 cm³/mol. The van der Waals surface area contributed by atoms with Gasteiger partial charge < -0.3 is 16.0 Å². The van der Waals surface area contributed by atoms with Crippen LogP contribution in [0.5, 0.6) is 0 Å². The van der Waals surface area contributed by atoms with Crippen LogP contribution in [0.2, 0.25) is 0 Å². The average Bonchev–Trinajstić information content (AvgIpc) is 3.01. The van der Waals surface area contributed by atoms with E-state index >= 15 is 0 Å². The fraction of sp³-hybridized carbons (Fsp3) is 0.200. The second-order valence-electron chi connectivity index (χ2n) is 6.77. The smallest absolute Gasteiger partial charge is 0.271 e. The lowest BCUT2D eigenvalue weighted by Crippen LogP contribution is -2.68. The van der Waals surface area contributed by atoms with Crippen molar-refractivity contribution in [2.75, 3.05) is 15.5 Å². The lowest BCUT2D eigenvalue weighted by atomic mass is 9.98. The fourth-order valence-corrected chi connectivity index (χ4v) is 3.64. The minimum Gasteiger partial charge on any atom is -0.326 e. The second kappa shape index (κ2) is 6.49. The van der Waals surface area contributed by atoms with Crippen molar-refractivity contribution in [2.45, 2.75) is 25.4 Å². The van der Waals surface area contributed by atoms with Crippen molar-refractivity contribution in [3.05, 3.63) is 54.1 Å². The van der Waals surface area contributed by atoms with Gasteiger partial charge in [-0.3, -0.25) is 24.1 Å². The van der Waals surface area contributed by atoms with Gasteiger partial charge in [-0.1, -0.05) is 12.1 Å². The number of benzene rings is 2. The molecule has 1 fully saturated rings. The number of amides is 4. The van der Waals surface area contributed by atoms with Crippen molar-refractivity contribution < 1.29 is 19.2 Å². The molecule has 4 amide bonds. The van der Waals surface area contributed by atoms with E-state index in [0.717, 1.165) is 0 Å². The summed E-state index contributed by atoms with van der Waals surface area (Å²) in [6, 6.07) is 13.3. The van der Waals surface area contributed by atoms with Gasteiger partial charge in [-0.05, 0) is 36.4 Å². The van der Waals surface area contributed by atoms with E-state index in [1.54, 1.807) is 48.5 Å². The molecule has 2 aliphatic rings. The van der Waals surface area contributed by atoms with Gasteiger partial charge in [0, 0.05) is 31.1 Å². The van der Waals surface area contributed by atoms with Gasteiger partial charge in [0.15, 0.2) is 0 Å². The first kappa shape index (κ1) is 17.7. The van der Waals surface area contributed by atoms with Gasteiger partial charge >= 0.3 is 0 Å². The van der Waals surface area contributed by atoms with Gasteiger partial charge in [0.1, 0.15) is 0 Å². The van der Waals surface area contributed by atoms with Gasteiger partial charge in [0.2, 0.25) is 17.5 Å². The molecule has 0 spiro atoms. The molecule has 2 heterocycles. The maximum Gasteiger partial charge on any atom is 0.271 e. The highest BCUT2D eigenvalue weighted by atomic mass is 16.2. The monoisotopic (exact) mass is 378 g/mol. The number of carbonyl (C=O) groups is 4. The van der Waals surface area contributed by atoms with Crippen LogP contribution in [-0.4, -0.2) is 29.3 Å². The zero-order chi connectivity index (χ0) is 19.9. The number of nitrogens with one attached hydrogen (secondary N) is 3. The van der Waals surface area contributed by atoms with Crippen LogP contribution in [0.3, 0.4) is 0 Å². The van der Waals surface area contributed by atoms with Crippen LogP contribution < -0.4 is 20.9 Å². The Labute approximate surface area is 160 Å². The fourth-order valence-electron chi connectivity index (χ4n) is 3.64. The van der Waals surface area contributed by atoms with Gasteiger partial charge in [-0.2, -0.15) is 0 Å². The number of fused-ring (bicyclic) bond motifs is 3. The summed E-state index contributed by atoms with van der Waals surface area (Å²) in [6.45, 7) is 1.41. The number of hydrogen-bond acceptors (Lipinski definition) is 4. The van der Waals surface area contributed by atoms with Crippen LogP contribution in [0.4, 0.5) is 17.1 Å². The Kier molecular flexibility index (Phi) is 4.11. The van der Waals surface area contributed by atoms with Crippen molar-refractivity contribution in [1.29, 1.82) is 0 Å². The molecule has 2 aliphatic heterocycles. The van der Waals surface area contributed by atoms with Gasteiger partial charge in [0.25, 0.3) is 11.8 Å². The zero-order valence-corrected chi connectivity index (χ0v) is 15.1.